The van der Waals surface area contributed by atoms with Gasteiger partial charge in [0.05, 0.1) is 33.0 Å². The number of hydrogen-bond acceptors (Lipinski definition) is 5. The molecule has 150 valence electrons. The van der Waals surface area contributed by atoms with Crippen molar-refractivity contribution >= 4 is 5.91 Å². The normalized spacial score (nSPS) is 15.6. The van der Waals surface area contributed by atoms with Crippen LogP contribution in [0.15, 0.2) is 48.5 Å². The molecule has 6 heteroatoms. The van der Waals surface area contributed by atoms with E-state index in [9.17, 15) is 4.79 Å². The second-order valence-electron chi connectivity index (χ2n) is 6.58. The van der Waals surface area contributed by atoms with Gasteiger partial charge >= 0.3 is 0 Å². The molecule has 0 radical (unpaired) electrons. The summed E-state index contributed by atoms with van der Waals surface area (Å²) in [5.41, 5.74) is 1.74. The Morgan fingerprint density at radius 2 is 1.89 bits per heavy atom. The first kappa shape index (κ1) is 20.2. The van der Waals surface area contributed by atoms with Crippen molar-refractivity contribution in [2.24, 2.45) is 0 Å². The first-order valence-electron chi connectivity index (χ1n) is 9.68. The molecule has 1 aliphatic rings. The van der Waals surface area contributed by atoms with Crippen molar-refractivity contribution in [3.8, 4) is 11.5 Å². The summed E-state index contributed by atoms with van der Waals surface area (Å²) in [5.74, 6) is 1.07. The van der Waals surface area contributed by atoms with Crippen molar-refractivity contribution in [1.29, 1.82) is 0 Å². The SMILES string of the molecule is CCOc1cc(C(=O)NCC(c2ccccc2)N2CCOCC2)ccc1OC. The van der Waals surface area contributed by atoms with Crippen molar-refractivity contribution in [2.75, 3.05) is 46.6 Å². The van der Waals surface area contributed by atoms with Gasteiger partial charge in [-0.05, 0) is 30.7 Å². The summed E-state index contributed by atoms with van der Waals surface area (Å²) in [6.07, 6.45) is 0. The fourth-order valence-electron chi connectivity index (χ4n) is 3.40. The lowest BCUT2D eigenvalue weighted by molar-refractivity contribution is 0.0162. The Hall–Kier alpha value is -2.57. The Bertz CT molecular complexity index is 760. The maximum atomic E-state index is 12.8. The largest absolute Gasteiger partial charge is 0.493 e. The summed E-state index contributed by atoms with van der Waals surface area (Å²) < 4.78 is 16.4. The molecule has 0 saturated carbocycles. The molecule has 0 spiro atoms. The van der Waals surface area contributed by atoms with E-state index in [1.54, 1.807) is 25.3 Å². The van der Waals surface area contributed by atoms with E-state index in [1.165, 1.54) is 5.56 Å². The minimum Gasteiger partial charge on any atom is -0.493 e. The number of nitrogens with zero attached hydrogens (tertiary/aromatic N) is 1. The molecule has 1 amide bonds. The summed E-state index contributed by atoms with van der Waals surface area (Å²) >= 11 is 0. The first-order chi connectivity index (χ1) is 13.7. The molecule has 28 heavy (non-hydrogen) atoms. The Morgan fingerprint density at radius 3 is 2.57 bits per heavy atom. The van der Waals surface area contributed by atoms with Gasteiger partial charge in [-0.15, -0.1) is 0 Å². The van der Waals surface area contributed by atoms with E-state index in [2.05, 4.69) is 22.3 Å². The highest BCUT2D eigenvalue weighted by Crippen LogP contribution is 2.28. The number of nitrogens with one attached hydrogen (secondary N) is 1. The summed E-state index contributed by atoms with van der Waals surface area (Å²) in [6.45, 7) is 6.08. The van der Waals surface area contributed by atoms with Gasteiger partial charge in [-0.1, -0.05) is 30.3 Å². The number of rotatable bonds is 8. The van der Waals surface area contributed by atoms with Crippen LogP contribution in [0.2, 0.25) is 0 Å². The lowest BCUT2D eigenvalue weighted by Crippen LogP contribution is -2.43. The van der Waals surface area contributed by atoms with E-state index in [4.69, 9.17) is 14.2 Å². The van der Waals surface area contributed by atoms with Gasteiger partial charge in [0.25, 0.3) is 5.91 Å². The third-order valence-corrected chi connectivity index (χ3v) is 4.85. The molecular formula is C22H28N2O4. The summed E-state index contributed by atoms with van der Waals surface area (Å²) in [4.78, 5) is 15.1. The first-order valence-corrected chi connectivity index (χ1v) is 9.68. The van der Waals surface area contributed by atoms with Crippen molar-refractivity contribution in [3.63, 3.8) is 0 Å². The maximum absolute atomic E-state index is 12.8. The molecule has 0 bridgehead atoms. The summed E-state index contributed by atoms with van der Waals surface area (Å²) in [6, 6.07) is 15.6. The van der Waals surface area contributed by atoms with Gasteiger partial charge in [-0.3, -0.25) is 9.69 Å². The highest BCUT2D eigenvalue weighted by atomic mass is 16.5. The Labute approximate surface area is 166 Å². The molecule has 2 aromatic carbocycles. The van der Waals surface area contributed by atoms with Gasteiger partial charge in [0.2, 0.25) is 0 Å². The van der Waals surface area contributed by atoms with Crippen molar-refractivity contribution in [2.45, 2.75) is 13.0 Å². The van der Waals surface area contributed by atoms with E-state index >= 15 is 0 Å². The zero-order valence-electron chi connectivity index (χ0n) is 16.5. The molecule has 1 unspecified atom stereocenters. The van der Waals surface area contributed by atoms with Crippen LogP contribution in [0.4, 0.5) is 0 Å². The van der Waals surface area contributed by atoms with Crippen LogP contribution in [0.3, 0.4) is 0 Å². The zero-order valence-corrected chi connectivity index (χ0v) is 16.5. The number of ether oxygens (including phenoxy) is 3. The predicted molar refractivity (Wildman–Crippen MR) is 108 cm³/mol. The Kier molecular flexibility index (Phi) is 7.28. The van der Waals surface area contributed by atoms with Gasteiger partial charge < -0.3 is 19.5 Å². The van der Waals surface area contributed by atoms with E-state index in [0.717, 1.165) is 13.1 Å². The van der Waals surface area contributed by atoms with E-state index in [0.29, 0.717) is 43.4 Å². The van der Waals surface area contributed by atoms with Crippen LogP contribution in [0.5, 0.6) is 11.5 Å². The van der Waals surface area contributed by atoms with Gasteiger partial charge in [0, 0.05) is 25.2 Å². The highest BCUT2D eigenvalue weighted by molar-refractivity contribution is 5.94. The molecule has 0 aromatic heterocycles. The third-order valence-electron chi connectivity index (χ3n) is 4.85. The average Bonchev–Trinajstić information content (AvgIpc) is 2.75. The molecule has 1 N–H and O–H groups in total. The predicted octanol–water partition coefficient (Wildman–Crippen LogP) is 2.90. The summed E-state index contributed by atoms with van der Waals surface area (Å²) in [7, 11) is 1.59. The number of carbonyl (C=O) groups is 1. The molecule has 1 saturated heterocycles. The number of methoxy groups -OCH3 is 1. The van der Waals surface area contributed by atoms with Gasteiger partial charge in [-0.2, -0.15) is 0 Å². The van der Waals surface area contributed by atoms with Crippen LogP contribution >= 0.6 is 0 Å². The molecule has 1 fully saturated rings. The lowest BCUT2D eigenvalue weighted by Gasteiger charge is -2.35. The van der Waals surface area contributed by atoms with Crippen LogP contribution in [0.25, 0.3) is 0 Å². The maximum Gasteiger partial charge on any atom is 0.251 e. The van der Waals surface area contributed by atoms with Crippen molar-refractivity contribution in [3.05, 3.63) is 59.7 Å². The monoisotopic (exact) mass is 384 g/mol. The van der Waals surface area contributed by atoms with Gasteiger partial charge in [0.15, 0.2) is 11.5 Å². The Morgan fingerprint density at radius 1 is 1.14 bits per heavy atom. The number of amides is 1. The van der Waals surface area contributed by atoms with Crippen LogP contribution in [0.1, 0.15) is 28.9 Å². The molecule has 6 nitrogen and oxygen atoms in total. The molecule has 1 aliphatic heterocycles. The highest BCUT2D eigenvalue weighted by Gasteiger charge is 2.23. The van der Waals surface area contributed by atoms with E-state index in [1.807, 2.05) is 25.1 Å². The van der Waals surface area contributed by atoms with Crippen LogP contribution in [-0.2, 0) is 4.74 Å². The minimum atomic E-state index is -0.127. The fourth-order valence-corrected chi connectivity index (χ4v) is 3.40. The van der Waals surface area contributed by atoms with Crippen LogP contribution < -0.4 is 14.8 Å². The minimum absolute atomic E-state index is 0.110. The molecule has 1 atom stereocenters. The summed E-state index contributed by atoms with van der Waals surface area (Å²) in [5, 5.41) is 3.08. The molecular weight excluding hydrogens is 356 g/mol. The van der Waals surface area contributed by atoms with Gasteiger partial charge in [0.1, 0.15) is 0 Å². The molecule has 1 heterocycles. The van der Waals surface area contributed by atoms with Crippen molar-refractivity contribution in [1.82, 2.24) is 10.2 Å². The van der Waals surface area contributed by atoms with Crippen LogP contribution in [-0.4, -0.2) is 57.4 Å². The Balaban J connectivity index is 1.72. The van der Waals surface area contributed by atoms with E-state index in [-0.39, 0.29) is 11.9 Å². The smallest absolute Gasteiger partial charge is 0.251 e. The number of benzene rings is 2. The quantitative estimate of drug-likeness (QED) is 0.758. The van der Waals surface area contributed by atoms with Crippen LogP contribution in [0, 0.1) is 0 Å². The fraction of sp³-hybridized carbons (Fsp3) is 0.409. The standard InChI is InChI=1S/C22H28N2O4/c1-3-28-21-15-18(9-10-20(21)26-2)22(25)23-16-19(17-7-5-4-6-8-17)24-11-13-27-14-12-24/h4-10,15,19H,3,11-14,16H2,1-2H3,(H,23,25). The third kappa shape index (κ3) is 5.03. The number of morpholine rings is 1. The molecule has 2 aromatic rings. The topological polar surface area (TPSA) is 60.0 Å². The number of carbonyl (C=O) groups excluding carboxylic acids is 1. The zero-order chi connectivity index (χ0) is 19.8. The second kappa shape index (κ2) is 10.1. The van der Waals surface area contributed by atoms with E-state index < -0.39 is 0 Å². The van der Waals surface area contributed by atoms with Gasteiger partial charge in [-0.25, -0.2) is 0 Å². The second-order valence-corrected chi connectivity index (χ2v) is 6.58. The molecule has 3 rings (SSSR count). The van der Waals surface area contributed by atoms with Crippen molar-refractivity contribution < 1.29 is 19.0 Å². The lowest BCUT2D eigenvalue weighted by atomic mass is 10.0. The average molecular weight is 384 g/mol. The molecule has 0 aliphatic carbocycles. The number of hydrogen-bond donors (Lipinski definition) is 1.